The van der Waals surface area contributed by atoms with Gasteiger partial charge in [-0.3, -0.25) is 9.59 Å². The van der Waals surface area contributed by atoms with Crippen LogP contribution >= 0.6 is 0 Å². The fraction of sp³-hybridized carbons (Fsp3) is 0.400. The summed E-state index contributed by atoms with van der Waals surface area (Å²) in [6.07, 6.45) is 6.63. The quantitative estimate of drug-likeness (QED) is 0.835. The van der Waals surface area contributed by atoms with E-state index in [0.29, 0.717) is 19.3 Å². The number of carboxylic acids is 1. The van der Waals surface area contributed by atoms with E-state index in [1.54, 1.807) is 19.9 Å². The molecule has 126 valence electrons. The van der Waals surface area contributed by atoms with Gasteiger partial charge in [0.25, 0.3) is 0 Å². The molecule has 1 unspecified atom stereocenters. The number of allylic oxidation sites excluding steroid dienone is 3. The minimum Gasteiger partial charge on any atom is -0.481 e. The maximum Gasteiger partial charge on any atom is 0.315 e. The van der Waals surface area contributed by atoms with Crippen LogP contribution in [0.25, 0.3) is 5.57 Å². The zero-order chi connectivity index (χ0) is 17.4. The van der Waals surface area contributed by atoms with Gasteiger partial charge in [0.15, 0.2) is 0 Å². The number of carbonyl (C=O) groups is 2. The number of rotatable bonds is 5. The first-order valence-corrected chi connectivity index (χ1v) is 8.31. The van der Waals surface area contributed by atoms with Crippen LogP contribution in [0.15, 0.2) is 48.6 Å². The van der Waals surface area contributed by atoms with Crippen molar-refractivity contribution < 1.29 is 19.4 Å². The van der Waals surface area contributed by atoms with Gasteiger partial charge in [-0.1, -0.05) is 48.6 Å². The van der Waals surface area contributed by atoms with Crippen molar-refractivity contribution in [1.29, 1.82) is 0 Å². The lowest BCUT2D eigenvalue weighted by molar-refractivity contribution is -0.167. The molecule has 0 aliphatic heterocycles. The molecule has 0 amide bonds. The number of benzene rings is 1. The normalized spacial score (nSPS) is 24.4. The lowest BCUT2D eigenvalue weighted by Crippen LogP contribution is -2.44. The summed E-state index contributed by atoms with van der Waals surface area (Å²) in [7, 11) is 0. The van der Waals surface area contributed by atoms with Gasteiger partial charge in [0.05, 0.1) is 11.5 Å². The van der Waals surface area contributed by atoms with Gasteiger partial charge in [-0.25, -0.2) is 0 Å². The lowest BCUT2D eigenvalue weighted by Gasteiger charge is -2.35. The fourth-order valence-corrected chi connectivity index (χ4v) is 3.49. The number of esters is 1. The average molecular weight is 326 g/mol. The summed E-state index contributed by atoms with van der Waals surface area (Å²) in [5, 5.41) is 9.92. The van der Waals surface area contributed by atoms with Gasteiger partial charge in [0.1, 0.15) is 5.41 Å². The Morgan fingerprint density at radius 3 is 2.29 bits per heavy atom. The molecule has 1 N–H and O–H groups in total. The highest BCUT2D eigenvalue weighted by Crippen LogP contribution is 2.63. The van der Waals surface area contributed by atoms with Crippen molar-refractivity contribution in [1.82, 2.24) is 0 Å². The molecule has 0 saturated heterocycles. The summed E-state index contributed by atoms with van der Waals surface area (Å²) >= 11 is 0. The van der Waals surface area contributed by atoms with Crippen molar-refractivity contribution in [2.75, 3.05) is 0 Å². The van der Waals surface area contributed by atoms with Gasteiger partial charge in [-0.15, -0.1) is 0 Å². The predicted molar refractivity (Wildman–Crippen MR) is 91.1 cm³/mol. The molecule has 1 atom stereocenters. The van der Waals surface area contributed by atoms with Gasteiger partial charge >= 0.3 is 11.9 Å². The second kappa shape index (κ2) is 5.93. The van der Waals surface area contributed by atoms with Gasteiger partial charge in [-0.2, -0.15) is 0 Å². The van der Waals surface area contributed by atoms with Crippen LogP contribution < -0.4 is 0 Å². The number of hydrogen-bond acceptors (Lipinski definition) is 3. The third-order valence-corrected chi connectivity index (χ3v) is 5.02. The van der Waals surface area contributed by atoms with Crippen LogP contribution in [0, 0.1) is 10.8 Å². The number of carbonyl (C=O) groups excluding carboxylic acids is 1. The second-order valence-corrected chi connectivity index (χ2v) is 6.88. The Morgan fingerprint density at radius 2 is 1.83 bits per heavy atom. The molecule has 3 rings (SSSR count). The summed E-state index contributed by atoms with van der Waals surface area (Å²) in [6, 6.07) is 9.82. The topological polar surface area (TPSA) is 63.6 Å². The Kier molecular flexibility index (Phi) is 4.08. The first kappa shape index (κ1) is 16.5. The maximum absolute atomic E-state index is 12.6. The highest BCUT2D eigenvalue weighted by molar-refractivity contribution is 5.93. The number of ether oxygens (including phenoxy) is 1. The van der Waals surface area contributed by atoms with E-state index >= 15 is 0 Å². The Hall–Kier alpha value is -2.36. The van der Waals surface area contributed by atoms with Crippen molar-refractivity contribution in [2.24, 2.45) is 10.8 Å². The van der Waals surface area contributed by atoms with E-state index in [4.69, 9.17) is 4.74 Å². The fourth-order valence-electron chi connectivity index (χ4n) is 3.49. The van der Waals surface area contributed by atoms with Gasteiger partial charge in [0, 0.05) is 0 Å². The molecule has 1 saturated carbocycles. The molecule has 1 aromatic rings. The first-order valence-electron chi connectivity index (χ1n) is 8.31. The van der Waals surface area contributed by atoms with E-state index in [1.807, 2.05) is 42.5 Å². The van der Waals surface area contributed by atoms with Crippen LogP contribution in [-0.4, -0.2) is 23.1 Å². The van der Waals surface area contributed by atoms with Crippen LogP contribution in [0.1, 0.15) is 38.7 Å². The summed E-state index contributed by atoms with van der Waals surface area (Å²) in [5.74, 6) is -1.35. The third-order valence-electron chi connectivity index (χ3n) is 5.02. The van der Waals surface area contributed by atoms with Gasteiger partial charge in [-0.05, 0) is 44.2 Å². The van der Waals surface area contributed by atoms with Crippen molar-refractivity contribution in [3.8, 4) is 0 Å². The number of aliphatic carboxylic acids is 1. The molecule has 0 aromatic heterocycles. The highest BCUT2D eigenvalue weighted by Gasteiger charge is 2.68. The van der Waals surface area contributed by atoms with E-state index in [-0.39, 0.29) is 12.1 Å². The van der Waals surface area contributed by atoms with E-state index in [1.165, 1.54) is 0 Å². The maximum atomic E-state index is 12.6. The molecular formula is C20H22O4. The minimum absolute atomic E-state index is 0.246. The molecule has 24 heavy (non-hydrogen) atoms. The molecule has 0 heterocycles. The molecule has 0 spiro atoms. The van der Waals surface area contributed by atoms with Crippen LogP contribution in [0.5, 0.6) is 0 Å². The van der Waals surface area contributed by atoms with Crippen LogP contribution in [0.3, 0.4) is 0 Å². The largest absolute Gasteiger partial charge is 0.481 e. The van der Waals surface area contributed by atoms with E-state index in [0.717, 1.165) is 11.1 Å². The Labute approximate surface area is 141 Å². The molecule has 4 heteroatoms. The monoisotopic (exact) mass is 326 g/mol. The van der Waals surface area contributed by atoms with Crippen molar-refractivity contribution in [3.63, 3.8) is 0 Å². The lowest BCUT2D eigenvalue weighted by atomic mass is 9.67. The van der Waals surface area contributed by atoms with Gasteiger partial charge < -0.3 is 9.84 Å². The standard InChI is InChI=1S/C20H22O4/c1-14(2)24-18(23)20(12-13-20)19(17(21)22)10-8-16(9-11-19)15-6-4-3-5-7-15/h3-10,14H,11-13H2,1-2H3,(H,21,22). The molecule has 0 radical (unpaired) electrons. The zero-order valence-corrected chi connectivity index (χ0v) is 14.0. The van der Waals surface area contributed by atoms with Crippen LogP contribution in [0.4, 0.5) is 0 Å². The smallest absolute Gasteiger partial charge is 0.315 e. The summed E-state index contributed by atoms with van der Waals surface area (Å²) in [6.45, 7) is 3.57. The molecule has 1 fully saturated rings. The van der Waals surface area contributed by atoms with Crippen LogP contribution in [-0.2, 0) is 14.3 Å². The van der Waals surface area contributed by atoms with Crippen molar-refractivity contribution >= 4 is 17.5 Å². The predicted octanol–water partition coefficient (Wildman–Crippen LogP) is 3.83. The zero-order valence-electron chi connectivity index (χ0n) is 14.0. The third kappa shape index (κ3) is 2.56. The highest BCUT2D eigenvalue weighted by atomic mass is 16.5. The van der Waals surface area contributed by atoms with Crippen molar-refractivity contribution in [3.05, 3.63) is 54.1 Å². The molecule has 2 aliphatic rings. The minimum atomic E-state index is -1.21. The number of hydrogen-bond donors (Lipinski definition) is 1. The number of carboxylic acid groups (broad SMARTS) is 1. The first-order chi connectivity index (χ1) is 11.4. The molecule has 0 bridgehead atoms. The van der Waals surface area contributed by atoms with E-state index in [9.17, 15) is 14.7 Å². The average Bonchev–Trinajstić information content (AvgIpc) is 3.37. The van der Waals surface area contributed by atoms with Gasteiger partial charge in [0.2, 0.25) is 0 Å². The Bertz CT molecular complexity index is 710. The van der Waals surface area contributed by atoms with Crippen molar-refractivity contribution in [2.45, 2.75) is 39.2 Å². The Balaban J connectivity index is 1.91. The Morgan fingerprint density at radius 1 is 1.17 bits per heavy atom. The SMILES string of the molecule is CC(C)OC(=O)C1(C2(C(=O)O)C=CC(c3ccccc3)=CC2)CC1. The molecular weight excluding hydrogens is 304 g/mol. The molecule has 4 nitrogen and oxygen atoms in total. The molecule has 2 aliphatic carbocycles. The summed E-state index contributed by atoms with van der Waals surface area (Å²) < 4.78 is 5.36. The second-order valence-electron chi connectivity index (χ2n) is 6.88. The van der Waals surface area contributed by atoms with E-state index in [2.05, 4.69) is 0 Å². The van der Waals surface area contributed by atoms with E-state index < -0.39 is 16.8 Å². The summed E-state index contributed by atoms with van der Waals surface area (Å²) in [4.78, 5) is 24.7. The summed E-state index contributed by atoms with van der Waals surface area (Å²) in [5.41, 5.74) is -0.113. The van der Waals surface area contributed by atoms with Crippen LogP contribution in [0.2, 0.25) is 0 Å². The molecule has 1 aromatic carbocycles.